The number of nitrogens with zero attached hydrogens (tertiary/aromatic N) is 2. The van der Waals surface area contributed by atoms with Crippen molar-refractivity contribution < 1.29 is 0 Å². The van der Waals surface area contributed by atoms with Gasteiger partial charge in [-0.3, -0.25) is 9.88 Å². The molecule has 0 aliphatic carbocycles. The fourth-order valence-corrected chi connectivity index (χ4v) is 1.82. The van der Waals surface area contributed by atoms with Crippen molar-refractivity contribution in [2.24, 2.45) is 0 Å². The Bertz CT molecular complexity index is 274. The van der Waals surface area contributed by atoms with E-state index in [9.17, 15) is 0 Å². The van der Waals surface area contributed by atoms with E-state index in [1.807, 2.05) is 12.4 Å². The molecule has 0 saturated heterocycles. The molecular formula is C14H25N3. The minimum atomic E-state index is 1.03. The van der Waals surface area contributed by atoms with Gasteiger partial charge in [-0.05, 0) is 56.7 Å². The topological polar surface area (TPSA) is 28.2 Å². The van der Waals surface area contributed by atoms with Gasteiger partial charge in [0.1, 0.15) is 0 Å². The minimum Gasteiger partial charge on any atom is -0.317 e. The number of aromatic nitrogens is 1. The zero-order valence-electron chi connectivity index (χ0n) is 11.2. The molecule has 1 N–H and O–H groups in total. The van der Waals surface area contributed by atoms with Crippen LogP contribution >= 0.6 is 0 Å². The molecule has 0 aliphatic heterocycles. The summed E-state index contributed by atoms with van der Waals surface area (Å²) in [7, 11) is 0. The summed E-state index contributed by atoms with van der Waals surface area (Å²) in [5.74, 6) is 0. The molecule has 3 nitrogen and oxygen atoms in total. The van der Waals surface area contributed by atoms with Crippen LogP contribution < -0.4 is 5.32 Å². The molecule has 3 heteroatoms. The van der Waals surface area contributed by atoms with Crippen LogP contribution in [0.4, 0.5) is 0 Å². The summed E-state index contributed by atoms with van der Waals surface area (Å²) in [6.07, 6.45) is 6.17. The first-order chi connectivity index (χ1) is 8.36. The average molecular weight is 235 g/mol. The molecule has 17 heavy (non-hydrogen) atoms. The Balaban J connectivity index is 2.20. The Morgan fingerprint density at radius 3 is 2.59 bits per heavy atom. The van der Waals surface area contributed by atoms with Crippen molar-refractivity contribution in [3.63, 3.8) is 0 Å². The van der Waals surface area contributed by atoms with Crippen LogP contribution in [0.1, 0.15) is 32.3 Å². The molecule has 0 spiro atoms. The third-order valence-corrected chi connectivity index (χ3v) is 2.86. The van der Waals surface area contributed by atoms with Gasteiger partial charge in [-0.2, -0.15) is 0 Å². The lowest BCUT2D eigenvalue weighted by Gasteiger charge is -2.20. The third kappa shape index (κ3) is 6.39. The summed E-state index contributed by atoms with van der Waals surface area (Å²) in [5.41, 5.74) is 1.35. The maximum Gasteiger partial charge on any atom is 0.0271 e. The van der Waals surface area contributed by atoms with Crippen LogP contribution in [0.25, 0.3) is 0 Å². The van der Waals surface area contributed by atoms with Gasteiger partial charge >= 0.3 is 0 Å². The van der Waals surface area contributed by atoms with Crippen molar-refractivity contribution in [1.29, 1.82) is 0 Å². The van der Waals surface area contributed by atoms with Crippen LogP contribution in [0.5, 0.6) is 0 Å². The second-order valence-corrected chi connectivity index (χ2v) is 4.33. The van der Waals surface area contributed by atoms with Crippen molar-refractivity contribution in [2.45, 2.75) is 33.2 Å². The highest BCUT2D eigenvalue weighted by atomic mass is 15.1. The molecule has 0 atom stereocenters. The first-order valence-electron chi connectivity index (χ1n) is 6.68. The molecule has 0 aromatic carbocycles. The van der Waals surface area contributed by atoms with Crippen LogP contribution in [0.3, 0.4) is 0 Å². The van der Waals surface area contributed by atoms with Gasteiger partial charge in [-0.25, -0.2) is 0 Å². The number of hydrogen-bond acceptors (Lipinski definition) is 3. The molecular weight excluding hydrogens is 210 g/mol. The van der Waals surface area contributed by atoms with Crippen molar-refractivity contribution in [2.75, 3.05) is 26.2 Å². The molecule has 0 saturated carbocycles. The lowest BCUT2D eigenvalue weighted by Crippen LogP contribution is -2.27. The van der Waals surface area contributed by atoms with E-state index >= 15 is 0 Å². The van der Waals surface area contributed by atoms with Crippen LogP contribution in [-0.2, 0) is 6.54 Å². The van der Waals surface area contributed by atoms with Gasteiger partial charge in [0.2, 0.25) is 0 Å². The molecule has 0 unspecified atom stereocenters. The smallest absolute Gasteiger partial charge is 0.0271 e. The number of nitrogens with one attached hydrogen (secondary N) is 1. The molecule has 0 aliphatic rings. The minimum absolute atomic E-state index is 1.03. The Hall–Kier alpha value is -0.930. The van der Waals surface area contributed by atoms with E-state index in [0.29, 0.717) is 0 Å². The normalized spacial score (nSPS) is 11.0. The lowest BCUT2D eigenvalue weighted by atomic mass is 10.2. The summed E-state index contributed by atoms with van der Waals surface area (Å²) in [4.78, 5) is 6.52. The van der Waals surface area contributed by atoms with Gasteiger partial charge in [0, 0.05) is 18.9 Å². The number of hydrogen-bond donors (Lipinski definition) is 1. The highest BCUT2D eigenvalue weighted by molar-refractivity contribution is 5.09. The summed E-state index contributed by atoms with van der Waals surface area (Å²) >= 11 is 0. The van der Waals surface area contributed by atoms with E-state index in [4.69, 9.17) is 0 Å². The van der Waals surface area contributed by atoms with Crippen LogP contribution in [0.2, 0.25) is 0 Å². The maximum absolute atomic E-state index is 4.05. The molecule has 0 radical (unpaired) electrons. The van der Waals surface area contributed by atoms with E-state index in [0.717, 1.165) is 32.7 Å². The van der Waals surface area contributed by atoms with Crippen LogP contribution in [0.15, 0.2) is 24.5 Å². The molecule has 1 aromatic heterocycles. The van der Waals surface area contributed by atoms with E-state index < -0.39 is 0 Å². The number of pyridine rings is 1. The second kappa shape index (κ2) is 9.14. The SMILES string of the molecule is CCCNCCCN(CC)Cc1ccncc1. The molecule has 0 bridgehead atoms. The van der Waals surface area contributed by atoms with E-state index in [1.54, 1.807) is 0 Å². The standard InChI is InChI=1S/C14H25N3/c1-3-8-15-9-5-12-17(4-2)13-14-6-10-16-11-7-14/h6-7,10-11,15H,3-5,8-9,12-13H2,1-2H3. The third-order valence-electron chi connectivity index (χ3n) is 2.86. The van der Waals surface area contributed by atoms with Gasteiger partial charge in [0.15, 0.2) is 0 Å². The van der Waals surface area contributed by atoms with Crippen LogP contribution in [-0.4, -0.2) is 36.1 Å². The quantitative estimate of drug-likeness (QED) is 0.666. The van der Waals surface area contributed by atoms with Crippen molar-refractivity contribution >= 4 is 0 Å². The predicted molar refractivity (Wildman–Crippen MR) is 73.0 cm³/mol. The fraction of sp³-hybridized carbons (Fsp3) is 0.643. The molecule has 0 fully saturated rings. The monoisotopic (exact) mass is 235 g/mol. The molecule has 96 valence electrons. The van der Waals surface area contributed by atoms with Crippen molar-refractivity contribution in [3.05, 3.63) is 30.1 Å². The Morgan fingerprint density at radius 1 is 1.18 bits per heavy atom. The van der Waals surface area contributed by atoms with Gasteiger partial charge in [-0.15, -0.1) is 0 Å². The van der Waals surface area contributed by atoms with Crippen LogP contribution in [0, 0.1) is 0 Å². The summed E-state index contributed by atoms with van der Waals surface area (Å²) in [6.45, 7) is 9.99. The average Bonchev–Trinajstić information content (AvgIpc) is 2.38. The summed E-state index contributed by atoms with van der Waals surface area (Å²) in [6, 6.07) is 4.19. The van der Waals surface area contributed by atoms with E-state index in [2.05, 4.69) is 41.2 Å². The van der Waals surface area contributed by atoms with Gasteiger partial charge in [0.25, 0.3) is 0 Å². The molecule has 0 amide bonds. The summed E-state index contributed by atoms with van der Waals surface area (Å²) < 4.78 is 0. The van der Waals surface area contributed by atoms with Gasteiger partial charge in [-0.1, -0.05) is 13.8 Å². The maximum atomic E-state index is 4.05. The Kier molecular flexibility index (Phi) is 7.60. The highest BCUT2D eigenvalue weighted by Crippen LogP contribution is 2.03. The Labute approximate surface area is 105 Å². The summed E-state index contributed by atoms with van der Waals surface area (Å²) in [5, 5.41) is 3.44. The molecule has 1 rings (SSSR count). The van der Waals surface area contributed by atoms with Gasteiger partial charge in [0.05, 0.1) is 0 Å². The number of rotatable bonds is 9. The van der Waals surface area contributed by atoms with E-state index in [1.165, 1.54) is 18.4 Å². The Morgan fingerprint density at radius 2 is 1.94 bits per heavy atom. The first-order valence-corrected chi connectivity index (χ1v) is 6.68. The van der Waals surface area contributed by atoms with E-state index in [-0.39, 0.29) is 0 Å². The van der Waals surface area contributed by atoms with Crippen molar-refractivity contribution in [1.82, 2.24) is 15.2 Å². The van der Waals surface area contributed by atoms with Crippen molar-refractivity contribution in [3.8, 4) is 0 Å². The molecule has 1 heterocycles. The highest BCUT2D eigenvalue weighted by Gasteiger charge is 2.02. The van der Waals surface area contributed by atoms with Gasteiger partial charge < -0.3 is 5.32 Å². The second-order valence-electron chi connectivity index (χ2n) is 4.33. The predicted octanol–water partition coefficient (Wildman–Crippen LogP) is 2.29. The first kappa shape index (κ1) is 14.1. The lowest BCUT2D eigenvalue weighted by molar-refractivity contribution is 0.275. The molecule has 1 aromatic rings. The zero-order chi connectivity index (χ0) is 12.3. The fourth-order valence-electron chi connectivity index (χ4n) is 1.82. The largest absolute Gasteiger partial charge is 0.317 e. The zero-order valence-corrected chi connectivity index (χ0v) is 11.2.